The van der Waals surface area contributed by atoms with Gasteiger partial charge in [-0.25, -0.2) is 4.98 Å². The molecule has 0 aliphatic carbocycles. The summed E-state index contributed by atoms with van der Waals surface area (Å²) in [7, 11) is 0. The lowest BCUT2D eigenvalue weighted by molar-refractivity contribution is -0.384. The molecule has 1 heterocycles. The lowest BCUT2D eigenvalue weighted by Gasteiger charge is -2.06. The summed E-state index contributed by atoms with van der Waals surface area (Å²) in [5, 5.41) is 14.0. The van der Waals surface area contributed by atoms with E-state index in [4.69, 9.17) is 11.6 Å². The molecule has 94 valence electrons. The maximum absolute atomic E-state index is 11.0. The number of nitro benzene ring substituents is 1. The molecular formula is C10H7BrClN3O2S. The minimum absolute atomic E-state index is 0.0214. The Hall–Kier alpha value is -1.18. The molecule has 0 radical (unpaired) electrons. The van der Waals surface area contributed by atoms with Crippen LogP contribution < -0.4 is 5.32 Å². The van der Waals surface area contributed by atoms with Gasteiger partial charge in [-0.1, -0.05) is 17.7 Å². The molecule has 0 aliphatic rings. The standard InChI is InChI=1S/C10H7BrClN3O2S/c11-7-2-1-3-8(9(7)15(16)17)13-4-6-5-14-10(12)18-6/h1-3,5,13H,4H2. The van der Waals surface area contributed by atoms with E-state index in [0.29, 0.717) is 21.2 Å². The molecule has 0 unspecified atom stereocenters. The summed E-state index contributed by atoms with van der Waals surface area (Å²) in [6, 6.07) is 5.03. The fourth-order valence-electron chi connectivity index (χ4n) is 1.39. The maximum atomic E-state index is 11.0. The number of para-hydroxylation sites is 1. The van der Waals surface area contributed by atoms with E-state index in [1.165, 1.54) is 11.3 Å². The third-order valence-corrected chi connectivity index (χ3v) is 3.90. The van der Waals surface area contributed by atoms with Crippen LogP contribution >= 0.6 is 38.9 Å². The Kier molecular flexibility index (Phi) is 4.15. The number of thiazole rings is 1. The van der Waals surface area contributed by atoms with E-state index in [0.717, 1.165) is 4.88 Å². The van der Waals surface area contributed by atoms with Crippen LogP contribution in [0.15, 0.2) is 28.9 Å². The highest BCUT2D eigenvalue weighted by molar-refractivity contribution is 9.10. The zero-order valence-electron chi connectivity index (χ0n) is 8.89. The summed E-state index contributed by atoms with van der Waals surface area (Å²) in [5.74, 6) is 0. The minimum Gasteiger partial charge on any atom is -0.374 e. The van der Waals surface area contributed by atoms with E-state index in [1.54, 1.807) is 24.4 Å². The molecule has 18 heavy (non-hydrogen) atoms. The lowest BCUT2D eigenvalue weighted by Crippen LogP contribution is -2.01. The zero-order valence-corrected chi connectivity index (χ0v) is 12.1. The van der Waals surface area contributed by atoms with E-state index in [9.17, 15) is 10.1 Å². The van der Waals surface area contributed by atoms with E-state index in [1.807, 2.05) is 0 Å². The van der Waals surface area contributed by atoms with Gasteiger partial charge in [-0.05, 0) is 28.1 Å². The topological polar surface area (TPSA) is 68.1 Å². The quantitative estimate of drug-likeness (QED) is 0.668. The molecule has 0 saturated heterocycles. The Labute approximate surface area is 120 Å². The van der Waals surface area contributed by atoms with Gasteiger partial charge in [-0.3, -0.25) is 10.1 Å². The van der Waals surface area contributed by atoms with E-state index in [-0.39, 0.29) is 5.69 Å². The van der Waals surface area contributed by atoms with E-state index >= 15 is 0 Å². The number of aromatic nitrogens is 1. The molecule has 5 nitrogen and oxygen atoms in total. The lowest BCUT2D eigenvalue weighted by atomic mass is 10.2. The van der Waals surface area contributed by atoms with Gasteiger partial charge in [0.25, 0.3) is 0 Å². The number of halogens is 2. The number of anilines is 1. The van der Waals surface area contributed by atoms with Gasteiger partial charge in [0.05, 0.1) is 15.9 Å². The molecule has 0 bridgehead atoms. The summed E-state index contributed by atoms with van der Waals surface area (Å²) in [6.07, 6.45) is 1.64. The number of nitrogens with zero attached hydrogens (tertiary/aromatic N) is 2. The molecule has 0 fully saturated rings. The Morgan fingerprint density at radius 1 is 1.56 bits per heavy atom. The summed E-state index contributed by atoms with van der Waals surface area (Å²) in [6.45, 7) is 0.446. The monoisotopic (exact) mass is 347 g/mol. The van der Waals surface area contributed by atoms with Crippen molar-refractivity contribution >= 4 is 50.2 Å². The van der Waals surface area contributed by atoms with Crippen LogP contribution in [0.4, 0.5) is 11.4 Å². The Balaban J connectivity index is 2.19. The Bertz CT molecular complexity index is 590. The first-order valence-electron chi connectivity index (χ1n) is 4.85. The van der Waals surface area contributed by atoms with Crippen LogP contribution in [0.3, 0.4) is 0 Å². The van der Waals surface area contributed by atoms with Crippen molar-refractivity contribution in [3.05, 3.63) is 48.3 Å². The molecule has 1 aromatic heterocycles. The summed E-state index contributed by atoms with van der Waals surface area (Å²) < 4.78 is 0.898. The van der Waals surface area contributed by atoms with E-state index < -0.39 is 4.92 Å². The molecule has 1 aromatic carbocycles. The van der Waals surface area contributed by atoms with Gasteiger partial charge in [0.15, 0.2) is 4.47 Å². The van der Waals surface area contributed by atoms with Gasteiger partial charge in [-0.2, -0.15) is 0 Å². The summed E-state index contributed by atoms with van der Waals surface area (Å²) in [4.78, 5) is 15.4. The van der Waals surface area contributed by atoms with Crippen molar-refractivity contribution in [3.8, 4) is 0 Å². The number of hydrogen-bond donors (Lipinski definition) is 1. The van der Waals surface area contributed by atoms with Crippen LogP contribution in [0.5, 0.6) is 0 Å². The van der Waals surface area contributed by atoms with Gasteiger partial charge < -0.3 is 5.32 Å². The second-order valence-electron chi connectivity index (χ2n) is 3.33. The Morgan fingerprint density at radius 3 is 2.94 bits per heavy atom. The molecule has 1 N–H and O–H groups in total. The fourth-order valence-corrected chi connectivity index (χ4v) is 2.82. The highest BCUT2D eigenvalue weighted by atomic mass is 79.9. The predicted octanol–water partition coefficient (Wildman–Crippen LogP) is 4.08. The summed E-state index contributed by atoms with van der Waals surface area (Å²) >= 11 is 10.2. The first-order chi connectivity index (χ1) is 8.58. The van der Waals surface area contributed by atoms with Crippen molar-refractivity contribution in [1.29, 1.82) is 0 Å². The predicted molar refractivity (Wildman–Crippen MR) is 75.2 cm³/mol. The minimum atomic E-state index is -0.425. The van der Waals surface area contributed by atoms with Crippen LogP contribution in [0.2, 0.25) is 4.47 Å². The van der Waals surface area contributed by atoms with Crippen molar-refractivity contribution in [1.82, 2.24) is 4.98 Å². The maximum Gasteiger partial charge on any atom is 0.306 e. The smallest absolute Gasteiger partial charge is 0.306 e. The largest absolute Gasteiger partial charge is 0.374 e. The highest BCUT2D eigenvalue weighted by Crippen LogP contribution is 2.33. The molecule has 0 spiro atoms. The van der Waals surface area contributed by atoms with Gasteiger partial charge in [-0.15, -0.1) is 11.3 Å². The Morgan fingerprint density at radius 2 is 2.33 bits per heavy atom. The average molecular weight is 349 g/mol. The highest BCUT2D eigenvalue weighted by Gasteiger charge is 2.17. The number of nitrogens with one attached hydrogen (secondary N) is 1. The molecular weight excluding hydrogens is 342 g/mol. The van der Waals surface area contributed by atoms with Crippen LogP contribution in [-0.4, -0.2) is 9.91 Å². The normalized spacial score (nSPS) is 10.3. The second kappa shape index (κ2) is 5.64. The first-order valence-corrected chi connectivity index (χ1v) is 6.83. The van der Waals surface area contributed by atoms with Gasteiger partial charge in [0.2, 0.25) is 0 Å². The van der Waals surface area contributed by atoms with Crippen molar-refractivity contribution < 1.29 is 4.92 Å². The molecule has 8 heteroatoms. The molecule has 0 saturated carbocycles. The third-order valence-electron chi connectivity index (χ3n) is 2.15. The number of rotatable bonds is 4. The molecule has 0 aliphatic heterocycles. The van der Waals surface area contributed by atoms with E-state index in [2.05, 4.69) is 26.2 Å². The van der Waals surface area contributed by atoms with Crippen molar-refractivity contribution in [2.24, 2.45) is 0 Å². The van der Waals surface area contributed by atoms with Crippen molar-refractivity contribution in [3.63, 3.8) is 0 Å². The molecule has 0 amide bonds. The fraction of sp³-hybridized carbons (Fsp3) is 0.100. The van der Waals surface area contributed by atoms with Gasteiger partial charge in [0, 0.05) is 11.1 Å². The van der Waals surface area contributed by atoms with Gasteiger partial charge >= 0.3 is 5.69 Å². The first kappa shape index (κ1) is 13.3. The van der Waals surface area contributed by atoms with Crippen LogP contribution in [0.1, 0.15) is 4.88 Å². The van der Waals surface area contributed by atoms with Gasteiger partial charge in [0.1, 0.15) is 5.69 Å². The average Bonchev–Trinajstić information content (AvgIpc) is 2.72. The molecule has 2 rings (SSSR count). The van der Waals surface area contributed by atoms with Crippen LogP contribution in [-0.2, 0) is 6.54 Å². The number of hydrogen-bond acceptors (Lipinski definition) is 5. The van der Waals surface area contributed by atoms with Crippen LogP contribution in [0, 0.1) is 10.1 Å². The zero-order chi connectivity index (χ0) is 13.1. The third kappa shape index (κ3) is 2.98. The SMILES string of the molecule is O=[N+]([O-])c1c(Br)cccc1NCc1cnc(Cl)s1. The number of benzene rings is 1. The van der Waals surface area contributed by atoms with Crippen molar-refractivity contribution in [2.45, 2.75) is 6.54 Å². The number of nitro groups is 1. The molecule has 2 aromatic rings. The molecule has 0 atom stereocenters. The van der Waals surface area contributed by atoms with Crippen LogP contribution in [0.25, 0.3) is 0 Å². The summed E-state index contributed by atoms with van der Waals surface area (Å²) in [5.41, 5.74) is 0.479. The van der Waals surface area contributed by atoms with Crippen molar-refractivity contribution in [2.75, 3.05) is 5.32 Å². The second-order valence-corrected chi connectivity index (χ2v) is 5.88.